The second kappa shape index (κ2) is 9.18. The molecule has 6 heteroatoms. The Balaban J connectivity index is 0.00000128. The zero-order valence-corrected chi connectivity index (χ0v) is 13.7. The van der Waals surface area contributed by atoms with Gasteiger partial charge in [0.25, 0.3) is 0 Å². The number of piperidine rings is 1. The predicted molar refractivity (Wildman–Crippen MR) is 72.9 cm³/mol. The molecule has 1 N–H and O–H groups in total. The molecule has 0 unspecified atom stereocenters. The Kier molecular flexibility index (Phi) is 9.85. The second-order valence-corrected chi connectivity index (χ2v) is 5.52. The molecule has 103 valence electrons. The van der Waals surface area contributed by atoms with Crippen LogP contribution in [0.5, 0.6) is 0 Å². The maximum atomic E-state index is 4.37. The van der Waals surface area contributed by atoms with Crippen LogP contribution in [0.15, 0.2) is 0 Å². The fourth-order valence-corrected chi connectivity index (χ4v) is 3.58. The van der Waals surface area contributed by atoms with Crippen molar-refractivity contribution in [3.8, 4) is 0 Å². The monoisotopic (exact) mass is 361 g/mol. The van der Waals surface area contributed by atoms with E-state index in [4.69, 9.17) is 0 Å². The Hall–Kier alpha value is 1.23. The van der Waals surface area contributed by atoms with E-state index in [0.717, 1.165) is 36.7 Å². The largest absolute Gasteiger partial charge is 2.00 e. The Morgan fingerprint density at radius 2 is 1.76 bits per heavy atom. The minimum Gasteiger partial charge on any atom is -2.00 e. The Morgan fingerprint density at radius 3 is 2.41 bits per heavy atom. The van der Waals surface area contributed by atoms with Crippen LogP contribution in [-0.2, 0) is 25.6 Å². The van der Waals surface area contributed by atoms with Crippen molar-refractivity contribution in [3.05, 3.63) is 0 Å². The molecule has 2 heterocycles. The van der Waals surface area contributed by atoms with Gasteiger partial charge in [-0.2, -0.15) is 25.3 Å². The maximum absolute atomic E-state index is 4.37. The SMILES string of the molecule is SCCN[C@H]1CC[C@@H]2CC[C@H]1N2CCS.[99Tc].[O-2]. The molecule has 0 aromatic carbocycles. The van der Waals surface area contributed by atoms with Crippen LogP contribution in [0.25, 0.3) is 0 Å². The smallest absolute Gasteiger partial charge is 0.0253 e. The van der Waals surface area contributed by atoms with Crippen molar-refractivity contribution >= 4 is 25.3 Å². The molecule has 0 spiro atoms. The van der Waals surface area contributed by atoms with Crippen LogP contribution in [0, 0.1) is 0 Å². The third-order valence-electron chi connectivity index (χ3n) is 3.84. The number of hydrogen-bond donors (Lipinski definition) is 3. The average molecular weight is 361 g/mol. The summed E-state index contributed by atoms with van der Waals surface area (Å²) in [5.74, 6) is 1.94. The summed E-state index contributed by atoms with van der Waals surface area (Å²) in [6.07, 6.45) is 5.50. The topological polar surface area (TPSA) is 43.8 Å². The van der Waals surface area contributed by atoms with Gasteiger partial charge in [0.15, 0.2) is 0 Å². The van der Waals surface area contributed by atoms with Crippen LogP contribution >= 0.6 is 25.3 Å². The predicted octanol–water partition coefficient (Wildman–Crippen LogP) is 1.31. The normalized spacial score (nSPS) is 31.8. The van der Waals surface area contributed by atoms with Crippen LogP contribution in [-0.4, -0.2) is 47.6 Å². The van der Waals surface area contributed by atoms with Crippen molar-refractivity contribution in [1.82, 2.24) is 10.2 Å². The van der Waals surface area contributed by atoms with Crippen molar-refractivity contribution in [1.29, 1.82) is 0 Å². The number of nitrogens with one attached hydrogen (secondary N) is 1. The summed E-state index contributed by atoms with van der Waals surface area (Å²) in [6.45, 7) is 2.21. The molecule has 0 aliphatic carbocycles. The van der Waals surface area contributed by atoms with Crippen LogP contribution in [0.2, 0.25) is 0 Å². The Labute approximate surface area is 129 Å². The average Bonchev–Trinajstić information content (AvgIpc) is 2.53. The van der Waals surface area contributed by atoms with Crippen LogP contribution < -0.4 is 5.32 Å². The van der Waals surface area contributed by atoms with E-state index >= 15 is 0 Å². The molecule has 0 aromatic rings. The van der Waals surface area contributed by atoms with Crippen molar-refractivity contribution in [2.75, 3.05) is 24.6 Å². The number of hydrogen-bond acceptors (Lipinski definition) is 4. The first-order chi connectivity index (χ1) is 7.36. The van der Waals surface area contributed by atoms with E-state index in [-0.39, 0.29) is 25.6 Å². The van der Waals surface area contributed by atoms with Gasteiger partial charge >= 0.3 is 0 Å². The van der Waals surface area contributed by atoms with E-state index in [1.807, 2.05) is 0 Å². The van der Waals surface area contributed by atoms with Crippen LogP contribution in [0.4, 0.5) is 0 Å². The van der Waals surface area contributed by atoms with Crippen molar-refractivity contribution < 1.29 is 25.6 Å². The number of rotatable bonds is 5. The summed E-state index contributed by atoms with van der Waals surface area (Å²) in [5.41, 5.74) is 0. The first kappa shape index (κ1) is 18.2. The van der Waals surface area contributed by atoms with E-state index in [2.05, 4.69) is 35.5 Å². The van der Waals surface area contributed by atoms with E-state index in [1.165, 1.54) is 25.7 Å². The van der Waals surface area contributed by atoms with Gasteiger partial charge in [0.1, 0.15) is 0 Å². The van der Waals surface area contributed by atoms with Crippen molar-refractivity contribution in [2.24, 2.45) is 0 Å². The zero-order valence-electron chi connectivity index (χ0n) is 10.0. The van der Waals surface area contributed by atoms with Gasteiger partial charge in [-0.25, -0.2) is 0 Å². The fraction of sp³-hybridized carbons (Fsp3) is 1.00. The molecular weight excluding hydrogens is 339 g/mol. The summed E-state index contributed by atoms with van der Waals surface area (Å²) >= 11 is 8.63. The van der Waals surface area contributed by atoms with E-state index in [1.54, 1.807) is 0 Å². The van der Waals surface area contributed by atoms with Crippen LogP contribution in [0.3, 0.4) is 0 Å². The third-order valence-corrected chi connectivity index (χ3v) is 4.27. The molecule has 2 rings (SSSR count). The van der Waals surface area contributed by atoms with Crippen LogP contribution in [0.1, 0.15) is 25.7 Å². The second-order valence-electron chi connectivity index (χ2n) is 4.62. The van der Waals surface area contributed by atoms with Gasteiger partial charge in [-0.15, -0.1) is 0 Å². The molecule has 3 nitrogen and oxygen atoms in total. The van der Waals surface area contributed by atoms with Crippen molar-refractivity contribution in [2.45, 2.75) is 43.8 Å². The third kappa shape index (κ3) is 4.37. The number of nitrogens with zero attached hydrogens (tertiary/aromatic N) is 1. The number of fused-ring (bicyclic) bond motifs is 2. The molecule has 0 saturated carbocycles. The summed E-state index contributed by atoms with van der Waals surface area (Å²) in [7, 11) is 0. The first-order valence-electron chi connectivity index (χ1n) is 6.07. The molecule has 2 saturated heterocycles. The van der Waals surface area contributed by atoms with Gasteiger partial charge in [0.05, 0.1) is 0 Å². The molecule has 2 aliphatic rings. The standard InChI is InChI=1S/C11H22N2S2.O.Tc/c14-7-5-12-10-3-1-9-2-4-11(10)13(9)6-8-15;;/h9-12,14-15H,1-8H2;;/q;-2;/t9-,10+,11-;;/m1../s1/i;;1+1. The summed E-state index contributed by atoms with van der Waals surface area (Å²) in [4.78, 5) is 2.69. The Morgan fingerprint density at radius 1 is 1.06 bits per heavy atom. The van der Waals surface area contributed by atoms with E-state index in [9.17, 15) is 0 Å². The van der Waals surface area contributed by atoms with Gasteiger partial charge in [-0.3, -0.25) is 4.90 Å². The van der Waals surface area contributed by atoms with Crippen molar-refractivity contribution in [3.63, 3.8) is 0 Å². The summed E-state index contributed by atoms with van der Waals surface area (Å²) in [5, 5.41) is 3.64. The van der Waals surface area contributed by atoms with Gasteiger partial charge in [0.2, 0.25) is 0 Å². The first-order valence-corrected chi connectivity index (χ1v) is 7.34. The van der Waals surface area contributed by atoms with E-state index < -0.39 is 0 Å². The van der Waals surface area contributed by atoms with E-state index in [0.29, 0.717) is 6.04 Å². The molecule has 2 aliphatic heterocycles. The maximum Gasteiger partial charge on any atom is 0.0253 e. The quantitative estimate of drug-likeness (QED) is 0.647. The minimum absolute atomic E-state index is 0. The summed E-state index contributed by atoms with van der Waals surface area (Å²) in [6, 6.07) is 2.34. The Bertz CT molecular complexity index is 212. The molecule has 2 fully saturated rings. The molecule has 1 radical (unpaired) electrons. The molecular formula is C11H22N2OS2Tc-2. The molecule has 17 heavy (non-hydrogen) atoms. The van der Waals surface area contributed by atoms with Gasteiger partial charge < -0.3 is 10.8 Å². The minimum atomic E-state index is 0. The zero-order chi connectivity index (χ0) is 10.7. The molecule has 2 bridgehead atoms. The molecule has 3 atom stereocenters. The fourth-order valence-electron chi connectivity index (χ4n) is 3.22. The summed E-state index contributed by atoms with van der Waals surface area (Å²) < 4.78 is 0. The molecule has 0 amide bonds. The van der Waals surface area contributed by atoms with Gasteiger partial charge in [-0.1, -0.05) is 0 Å². The molecule has 0 aromatic heterocycles. The van der Waals surface area contributed by atoms with Gasteiger partial charge in [-0.05, 0) is 25.7 Å². The van der Waals surface area contributed by atoms with Gasteiger partial charge in [0, 0.05) is 62.8 Å². The number of thiol groups is 2.